The topological polar surface area (TPSA) is 79.8 Å². The molecular weight excluding hydrogens is 320 g/mol. The Morgan fingerprint density at radius 2 is 2.16 bits per heavy atom. The highest BCUT2D eigenvalue weighted by Crippen LogP contribution is 2.45. The number of hydrogen-bond donors (Lipinski definition) is 3. The molecule has 1 heterocycles. The summed E-state index contributed by atoms with van der Waals surface area (Å²) in [5.41, 5.74) is 1.75. The van der Waals surface area contributed by atoms with Crippen LogP contribution in [0.25, 0.3) is 0 Å². The first-order valence-electron chi connectivity index (χ1n) is 8.90. The molecule has 1 aliphatic heterocycles. The number of anilines is 1. The second kappa shape index (κ2) is 6.75. The van der Waals surface area contributed by atoms with Crippen LogP contribution in [-0.4, -0.2) is 42.6 Å². The van der Waals surface area contributed by atoms with Crippen LogP contribution in [-0.2, 0) is 11.2 Å². The number of hydrogen-bond acceptors (Lipinski definition) is 5. The number of rotatable bonds is 6. The largest absolute Gasteiger partial charge is 0.488 e. The third kappa shape index (κ3) is 4.78. The number of benzene rings is 1. The molecule has 25 heavy (non-hydrogen) atoms. The van der Waals surface area contributed by atoms with Crippen molar-refractivity contribution in [3.05, 3.63) is 23.8 Å². The van der Waals surface area contributed by atoms with Crippen molar-refractivity contribution >= 4 is 11.8 Å². The van der Waals surface area contributed by atoms with Crippen molar-refractivity contribution in [2.45, 2.75) is 51.7 Å². The van der Waals surface area contributed by atoms with Crippen LogP contribution in [0.5, 0.6) is 5.75 Å². The summed E-state index contributed by atoms with van der Waals surface area (Å²) in [7, 11) is 0. The van der Waals surface area contributed by atoms with E-state index in [4.69, 9.17) is 9.47 Å². The number of alkyl carbamates (subject to hydrolysis) is 1. The maximum absolute atomic E-state index is 11.7. The van der Waals surface area contributed by atoms with Crippen LogP contribution in [0.1, 0.15) is 39.2 Å². The Morgan fingerprint density at radius 3 is 2.80 bits per heavy atom. The molecule has 3 N–H and O–H groups in total. The van der Waals surface area contributed by atoms with Crippen LogP contribution in [0.2, 0.25) is 0 Å². The van der Waals surface area contributed by atoms with Gasteiger partial charge in [0.15, 0.2) is 0 Å². The number of carbonyl (C=O) groups excluding carboxylic acids is 1. The van der Waals surface area contributed by atoms with E-state index in [1.807, 2.05) is 32.9 Å². The van der Waals surface area contributed by atoms with Gasteiger partial charge < -0.3 is 25.2 Å². The minimum Gasteiger partial charge on any atom is -0.488 e. The number of ether oxygens (including phenoxy) is 2. The molecule has 1 fully saturated rings. The zero-order valence-electron chi connectivity index (χ0n) is 15.2. The van der Waals surface area contributed by atoms with Gasteiger partial charge in [0.05, 0.1) is 13.2 Å². The summed E-state index contributed by atoms with van der Waals surface area (Å²) in [5.74, 6) is 0.866. The smallest absolute Gasteiger partial charge is 0.407 e. The lowest BCUT2D eigenvalue weighted by Crippen LogP contribution is -2.38. The van der Waals surface area contributed by atoms with Crippen molar-refractivity contribution in [3.63, 3.8) is 0 Å². The second-order valence-electron chi connectivity index (χ2n) is 8.16. The molecule has 1 amide bonds. The maximum atomic E-state index is 11.7. The van der Waals surface area contributed by atoms with Crippen molar-refractivity contribution in [3.8, 4) is 5.75 Å². The van der Waals surface area contributed by atoms with Gasteiger partial charge in [0.1, 0.15) is 17.5 Å². The Hall–Kier alpha value is -1.95. The second-order valence-corrected chi connectivity index (χ2v) is 8.16. The van der Waals surface area contributed by atoms with Crippen LogP contribution in [0.3, 0.4) is 0 Å². The molecule has 1 unspecified atom stereocenters. The monoisotopic (exact) mass is 348 g/mol. The summed E-state index contributed by atoms with van der Waals surface area (Å²) < 4.78 is 11.1. The fourth-order valence-corrected chi connectivity index (χ4v) is 2.91. The van der Waals surface area contributed by atoms with Gasteiger partial charge in [-0.15, -0.1) is 0 Å². The Balaban J connectivity index is 1.48. The molecule has 1 aliphatic carbocycles. The molecule has 2 aliphatic rings. The van der Waals surface area contributed by atoms with Gasteiger partial charge in [0.25, 0.3) is 0 Å². The molecule has 3 rings (SSSR count). The SMILES string of the molecule is CC(C)(C)OC(=O)NCC1Cc2cc(NCC3(CO)CC3)ccc2O1. The van der Waals surface area contributed by atoms with Gasteiger partial charge in [-0.3, -0.25) is 0 Å². The van der Waals surface area contributed by atoms with Gasteiger partial charge in [-0.2, -0.15) is 0 Å². The van der Waals surface area contributed by atoms with E-state index in [-0.39, 0.29) is 18.1 Å². The molecule has 6 heteroatoms. The molecule has 6 nitrogen and oxygen atoms in total. The average Bonchev–Trinajstić information content (AvgIpc) is 3.21. The van der Waals surface area contributed by atoms with E-state index in [0.717, 1.165) is 42.8 Å². The minimum atomic E-state index is -0.502. The van der Waals surface area contributed by atoms with E-state index in [2.05, 4.69) is 16.7 Å². The molecule has 1 aromatic carbocycles. The quantitative estimate of drug-likeness (QED) is 0.737. The maximum Gasteiger partial charge on any atom is 0.407 e. The number of carbonyl (C=O) groups is 1. The number of amides is 1. The molecule has 0 spiro atoms. The van der Waals surface area contributed by atoms with Gasteiger partial charge in [-0.05, 0) is 57.4 Å². The Labute approximate surface area is 148 Å². The predicted molar refractivity (Wildman–Crippen MR) is 96.0 cm³/mol. The highest BCUT2D eigenvalue weighted by atomic mass is 16.6. The van der Waals surface area contributed by atoms with E-state index in [1.54, 1.807) is 0 Å². The predicted octanol–water partition coefficient (Wildman–Crippen LogP) is 2.70. The molecule has 1 saturated carbocycles. The Kier molecular flexibility index (Phi) is 4.82. The Morgan fingerprint density at radius 1 is 1.40 bits per heavy atom. The Bertz CT molecular complexity index is 635. The van der Waals surface area contributed by atoms with Crippen molar-refractivity contribution in [2.24, 2.45) is 5.41 Å². The van der Waals surface area contributed by atoms with E-state index in [1.165, 1.54) is 0 Å². The first kappa shape index (κ1) is 17.9. The third-order valence-corrected chi connectivity index (χ3v) is 4.63. The summed E-state index contributed by atoms with van der Waals surface area (Å²) in [6.07, 6.45) is 2.43. The van der Waals surface area contributed by atoms with Crippen LogP contribution in [0.15, 0.2) is 18.2 Å². The number of aliphatic hydroxyl groups excluding tert-OH is 1. The normalized spacial score (nSPS) is 20.4. The summed E-state index contributed by atoms with van der Waals surface area (Å²) in [5, 5.41) is 15.6. The third-order valence-electron chi connectivity index (χ3n) is 4.63. The van der Waals surface area contributed by atoms with Crippen LogP contribution < -0.4 is 15.4 Å². The zero-order valence-corrected chi connectivity index (χ0v) is 15.2. The molecule has 0 bridgehead atoms. The summed E-state index contributed by atoms with van der Waals surface area (Å²) in [6.45, 7) is 6.97. The fourth-order valence-electron chi connectivity index (χ4n) is 2.91. The van der Waals surface area contributed by atoms with E-state index < -0.39 is 11.7 Å². The summed E-state index contributed by atoms with van der Waals surface area (Å²) in [4.78, 5) is 11.7. The zero-order chi connectivity index (χ0) is 18.1. The molecule has 0 aromatic heterocycles. The molecule has 1 atom stereocenters. The highest BCUT2D eigenvalue weighted by molar-refractivity contribution is 5.67. The lowest BCUT2D eigenvalue weighted by Gasteiger charge is -2.20. The van der Waals surface area contributed by atoms with Gasteiger partial charge >= 0.3 is 6.09 Å². The van der Waals surface area contributed by atoms with Gasteiger partial charge in [0.2, 0.25) is 0 Å². The van der Waals surface area contributed by atoms with Crippen LogP contribution in [0, 0.1) is 5.41 Å². The van der Waals surface area contributed by atoms with Crippen molar-refractivity contribution < 1.29 is 19.4 Å². The summed E-state index contributed by atoms with van der Waals surface area (Å²) in [6, 6.07) is 6.05. The van der Waals surface area contributed by atoms with Crippen LogP contribution >= 0.6 is 0 Å². The molecule has 0 radical (unpaired) electrons. The van der Waals surface area contributed by atoms with Crippen molar-refractivity contribution in [1.82, 2.24) is 5.32 Å². The summed E-state index contributed by atoms with van der Waals surface area (Å²) >= 11 is 0. The van der Waals surface area contributed by atoms with Gasteiger partial charge in [0, 0.05) is 24.1 Å². The number of nitrogens with one attached hydrogen (secondary N) is 2. The van der Waals surface area contributed by atoms with Crippen molar-refractivity contribution in [1.29, 1.82) is 0 Å². The standard InChI is InChI=1S/C19H28N2O4/c1-18(2,3)25-17(23)20-10-15-9-13-8-14(4-5-16(13)24-15)21-11-19(12-22)6-7-19/h4-5,8,15,21-22H,6-7,9-12H2,1-3H3,(H,20,23). The lowest BCUT2D eigenvalue weighted by molar-refractivity contribution is 0.0506. The average molecular weight is 348 g/mol. The number of aliphatic hydroxyl groups is 1. The molecule has 138 valence electrons. The lowest BCUT2D eigenvalue weighted by atomic mass is 10.1. The highest BCUT2D eigenvalue weighted by Gasteiger charge is 2.41. The minimum absolute atomic E-state index is 0.0787. The van der Waals surface area contributed by atoms with E-state index in [9.17, 15) is 9.90 Å². The molecule has 0 saturated heterocycles. The van der Waals surface area contributed by atoms with E-state index in [0.29, 0.717) is 6.54 Å². The first-order valence-corrected chi connectivity index (χ1v) is 8.90. The molecular formula is C19H28N2O4. The van der Waals surface area contributed by atoms with Crippen LogP contribution in [0.4, 0.5) is 10.5 Å². The molecule has 1 aromatic rings. The van der Waals surface area contributed by atoms with E-state index >= 15 is 0 Å². The van der Waals surface area contributed by atoms with Gasteiger partial charge in [-0.1, -0.05) is 0 Å². The fraction of sp³-hybridized carbons (Fsp3) is 0.632. The number of fused-ring (bicyclic) bond motifs is 1. The van der Waals surface area contributed by atoms with Crippen molar-refractivity contribution in [2.75, 3.05) is 25.0 Å². The van der Waals surface area contributed by atoms with Gasteiger partial charge in [-0.25, -0.2) is 4.79 Å². The first-order chi connectivity index (χ1) is 11.8.